The van der Waals surface area contributed by atoms with Crippen LogP contribution in [0.4, 0.5) is 0 Å². The summed E-state index contributed by atoms with van der Waals surface area (Å²) in [6.45, 7) is 2.69. The fraction of sp³-hybridized carbons (Fsp3) is 0.636. The number of hydrogen-bond acceptors (Lipinski definition) is 4. The van der Waals surface area contributed by atoms with Crippen molar-refractivity contribution in [3.63, 3.8) is 0 Å². The Kier molecular flexibility index (Phi) is 3.25. The molecule has 0 atom stereocenters. The maximum absolute atomic E-state index is 11.9. The molecular weight excluding hydrogens is 222 g/mol. The minimum atomic E-state index is 0.0440. The number of aromatic nitrogens is 1. The second-order valence-corrected chi connectivity index (χ2v) is 5.59. The predicted octanol–water partition coefficient (Wildman–Crippen LogP) is 1.41. The zero-order chi connectivity index (χ0) is 11.7. The smallest absolute Gasteiger partial charge is 0.263 e. The summed E-state index contributed by atoms with van der Waals surface area (Å²) in [5.74, 6) is 0.0440. The second-order valence-electron chi connectivity index (χ2n) is 4.51. The summed E-state index contributed by atoms with van der Waals surface area (Å²) < 4.78 is 0. The van der Waals surface area contributed by atoms with Crippen molar-refractivity contribution in [2.45, 2.75) is 32.4 Å². The highest BCUT2D eigenvalue weighted by Crippen LogP contribution is 2.23. The van der Waals surface area contributed by atoms with Crippen LogP contribution in [0.15, 0.2) is 0 Å². The van der Waals surface area contributed by atoms with E-state index in [9.17, 15) is 4.79 Å². The molecule has 1 aromatic heterocycles. The number of carbonyl (C=O) groups excluding carboxylic acids is 1. The maximum Gasteiger partial charge on any atom is 0.263 e. The molecule has 16 heavy (non-hydrogen) atoms. The van der Waals surface area contributed by atoms with Crippen molar-refractivity contribution >= 4 is 17.2 Å². The normalized spacial score (nSPS) is 15.5. The van der Waals surface area contributed by atoms with Gasteiger partial charge < -0.3 is 10.2 Å². The number of amides is 1. The summed E-state index contributed by atoms with van der Waals surface area (Å²) in [5.41, 5.74) is 0.847. The van der Waals surface area contributed by atoms with Crippen LogP contribution in [0, 0.1) is 6.92 Å². The Morgan fingerprint density at radius 3 is 2.81 bits per heavy atom. The lowest BCUT2D eigenvalue weighted by Gasteiger charge is -2.04. The monoisotopic (exact) mass is 239 g/mol. The van der Waals surface area contributed by atoms with E-state index in [0.29, 0.717) is 6.04 Å². The summed E-state index contributed by atoms with van der Waals surface area (Å²) in [5, 5.41) is 4.00. The molecule has 1 N–H and O–H groups in total. The van der Waals surface area contributed by atoms with Gasteiger partial charge in [-0.25, -0.2) is 4.98 Å². The molecule has 1 aliphatic carbocycles. The lowest BCUT2D eigenvalue weighted by atomic mass is 10.3. The molecule has 0 radical (unpaired) electrons. The van der Waals surface area contributed by atoms with Gasteiger partial charge in [-0.1, -0.05) is 0 Å². The van der Waals surface area contributed by atoms with Crippen molar-refractivity contribution in [2.24, 2.45) is 0 Å². The van der Waals surface area contributed by atoms with Crippen molar-refractivity contribution in [1.82, 2.24) is 15.2 Å². The molecule has 0 spiro atoms. The quantitative estimate of drug-likeness (QED) is 0.864. The Hall–Kier alpha value is -0.940. The molecule has 2 rings (SSSR count). The standard InChI is InChI=1S/C11H17N3OS/c1-7-10(11(15)13-8-4-5-8)16-9(12-7)6-14(2)3/h8H,4-6H2,1-3H3,(H,13,15). The Labute approximate surface area is 99.7 Å². The third-order valence-corrected chi connectivity index (χ3v) is 3.55. The second kappa shape index (κ2) is 4.51. The lowest BCUT2D eigenvalue weighted by Crippen LogP contribution is -2.25. The van der Waals surface area contributed by atoms with Crippen LogP contribution in [0.25, 0.3) is 0 Å². The van der Waals surface area contributed by atoms with Gasteiger partial charge >= 0.3 is 0 Å². The van der Waals surface area contributed by atoms with Gasteiger partial charge in [0.25, 0.3) is 5.91 Å². The summed E-state index contributed by atoms with van der Waals surface area (Å²) in [7, 11) is 4.00. The molecule has 0 aromatic carbocycles. The van der Waals surface area contributed by atoms with Crippen LogP contribution in [0.5, 0.6) is 0 Å². The van der Waals surface area contributed by atoms with E-state index in [1.807, 2.05) is 21.0 Å². The minimum Gasteiger partial charge on any atom is -0.349 e. The molecule has 0 aliphatic heterocycles. The largest absolute Gasteiger partial charge is 0.349 e. The van der Waals surface area contributed by atoms with E-state index >= 15 is 0 Å². The number of carbonyl (C=O) groups is 1. The molecule has 0 unspecified atom stereocenters. The van der Waals surface area contributed by atoms with Crippen molar-refractivity contribution in [3.05, 3.63) is 15.6 Å². The predicted molar refractivity (Wildman–Crippen MR) is 64.7 cm³/mol. The summed E-state index contributed by atoms with van der Waals surface area (Å²) in [4.78, 5) is 19.1. The number of nitrogens with zero attached hydrogens (tertiary/aromatic N) is 2. The molecule has 5 heteroatoms. The van der Waals surface area contributed by atoms with Gasteiger partial charge in [-0.3, -0.25) is 4.79 Å². The Balaban J connectivity index is 2.07. The van der Waals surface area contributed by atoms with Crippen LogP contribution in [-0.2, 0) is 6.54 Å². The summed E-state index contributed by atoms with van der Waals surface area (Å²) >= 11 is 1.50. The Morgan fingerprint density at radius 1 is 1.56 bits per heavy atom. The van der Waals surface area contributed by atoms with E-state index in [2.05, 4.69) is 15.2 Å². The van der Waals surface area contributed by atoms with E-state index in [1.54, 1.807) is 0 Å². The number of nitrogens with one attached hydrogen (secondary N) is 1. The Morgan fingerprint density at radius 2 is 2.25 bits per heavy atom. The molecule has 1 aliphatic rings. The van der Waals surface area contributed by atoms with Gasteiger partial charge in [0.05, 0.1) is 5.69 Å². The summed E-state index contributed by atoms with van der Waals surface area (Å²) in [6, 6.07) is 0.409. The fourth-order valence-corrected chi connectivity index (χ4v) is 2.57. The topological polar surface area (TPSA) is 45.2 Å². The van der Waals surface area contributed by atoms with Gasteiger partial charge in [0, 0.05) is 12.6 Å². The highest BCUT2D eigenvalue weighted by molar-refractivity contribution is 7.13. The van der Waals surface area contributed by atoms with E-state index in [0.717, 1.165) is 35.0 Å². The van der Waals surface area contributed by atoms with Crippen molar-refractivity contribution in [1.29, 1.82) is 0 Å². The fourth-order valence-electron chi connectivity index (χ4n) is 1.48. The average Bonchev–Trinajstić information content (AvgIpc) is 2.89. The number of rotatable bonds is 4. The molecule has 0 bridgehead atoms. The molecule has 1 amide bonds. The molecule has 0 saturated heterocycles. The van der Waals surface area contributed by atoms with Gasteiger partial charge in [-0.2, -0.15) is 0 Å². The van der Waals surface area contributed by atoms with E-state index in [1.165, 1.54) is 11.3 Å². The molecule has 1 saturated carbocycles. The SMILES string of the molecule is Cc1nc(CN(C)C)sc1C(=O)NC1CC1. The van der Waals surface area contributed by atoms with Crippen molar-refractivity contribution < 1.29 is 4.79 Å². The zero-order valence-electron chi connectivity index (χ0n) is 9.91. The van der Waals surface area contributed by atoms with Crippen molar-refractivity contribution in [3.8, 4) is 0 Å². The summed E-state index contributed by atoms with van der Waals surface area (Å²) in [6.07, 6.45) is 2.24. The first-order chi connectivity index (χ1) is 7.56. The van der Waals surface area contributed by atoms with Gasteiger partial charge in [-0.15, -0.1) is 11.3 Å². The molecule has 1 heterocycles. The van der Waals surface area contributed by atoms with Gasteiger partial charge in [0.15, 0.2) is 0 Å². The molecule has 88 valence electrons. The van der Waals surface area contributed by atoms with Crippen LogP contribution in [0.2, 0.25) is 0 Å². The first-order valence-electron chi connectivity index (χ1n) is 5.48. The lowest BCUT2D eigenvalue weighted by molar-refractivity contribution is 0.0954. The first kappa shape index (κ1) is 11.5. The number of thiazole rings is 1. The van der Waals surface area contributed by atoms with Crippen LogP contribution in [-0.4, -0.2) is 35.9 Å². The van der Waals surface area contributed by atoms with E-state index < -0.39 is 0 Å². The van der Waals surface area contributed by atoms with Gasteiger partial charge in [0.2, 0.25) is 0 Å². The van der Waals surface area contributed by atoms with Crippen molar-refractivity contribution in [2.75, 3.05) is 14.1 Å². The highest BCUT2D eigenvalue weighted by atomic mass is 32.1. The van der Waals surface area contributed by atoms with E-state index in [-0.39, 0.29) is 5.91 Å². The Bertz CT molecular complexity index is 396. The third-order valence-electron chi connectivity index (χ3n) is 2.41. The van der Waals surface area contributed by atoms with Crippen LogP contribution >= 0.6 is 11.3 Å². The molecule has 1 aromatic rings. The minimum absolute atomic E-state index is 0.0440. The third kappa shape index (κ3) is 2.80. The number of aryl methyl sites for hydroxylation is 1. The molecular formula is C11H17N3OS. The van der Waals surface area contributed by atoms with Crippen LogP contribution < -0.4 is 5.32 Å². The molecule has 4 nitrogen and oxygen atoms in total. The zero-order valence-corrected chi connectivity index (χ0v) is 10.7. The maximum atomic E-state index is 11.9. The number of hydrogen-bond donors (Lipinski definition) is 1. The van der Waals surface area contributed by atoms with Gasteiger partial charge in [0.1, 0.15) is 9.88 Å². The van der Waals surface area contributed by atoms with Gasteiger partial charge in [-0.05, 0) is 33.9 Å². The van der Waals surface area contributed by atoms with E-state index in [4.69, 9.17) is 0 Å². The highest BCUT2D eigenvalue weighted by Gasteiger charge is 2.25. The van der Waals surface area contributed by atoms with Crippen LogP contribution in [0.3, 0.4) is 0 Å². The van der Waals surface area contributed by atoms with Crippen LogP contribution in [0.1, 0.15) is 33.2 Å². The average molecular weight is 239 g/mol. The first-order valence-corrected chi connectivity index (χ1v) is 6.30. The molecule has 1 fully saturated rings.